The molecule has 0 heterocycles. The number of rotatable bonds is 3. The van der Waals surface area contributed by atoms with Gasteiger partial charge in [0.15, 0.2) is 0 Å². The van der Waals surface area contributed by atoms with Crippen LogP contribution in [0.25, 0.3) is 0 Å². The Hall–Kier alpha value is -0.950. The maximum atomic E-state index is 13.4. The van der Waals surface area contributed by atoms with E-state index in [1.807, 2.05) is 0 Å². The summed E-state index contributed by atoms with van der Waals surface area (Å²) in [5.41, 5.74) is -0.0536. The summed E-state index contributed by atoms with van der Waals surface area (Å²) in [6.45, 7) is 0. The number of halogens is 3. The average molecular weight is 260 g/mol. The Balaban J connectivity index is 2.87. The van der Waals surface area contributed by atoms with Crippen LogP contribution in [0.5, 0.6) is 0 Å². The van der Waals surface area contributed by atoms with Gasteiger partial charge in [-0.1, -0.05) is 28.1 Å². The molecular weight excluding hydrogens is 252 g/mol. The molecule has 74 valence electrons. The molecule has 1 aromatic carbocycles. The van der Waals surface area contributed by atoms with E-state index in [0.29, 0.717) is 4.47 Å². The van der Waals surface area contributed by atoms with Crippen LogP contribution in [0.2, 0.25) is 0 Å². The Labute approximate surface area is 89.5 Å². The lowest BCUT2D eigenvalue weighted by molar-refractivity contribution is -0.0120. The molecule has 0 radical (unpaired) electrons. The van der Waals surface area contributed by atoms with E-state index in [1.54, 1.807) is 18.2 Å². The van der Waals surface area contributed by atoms with Crippen LogP contribution in [-0.4, -0.2) is 0 Å². The van der Waals surface area contributed by atoms with Crippen LogP contribution < -0.4 is 0 Å². The lowest BCUT2D eigenvalue weighted by atomic mass is 10.0. The molecule has 0 bridgehead atoms. The van der Waals surface area contributed by atoms with E-state index in [0.717, 1.165) is 0 Å². The molecule has 0 aliphatic carbocycles. The molecule has 1 nitrogen and oxygen atoms in total. The number of alkyl halides is 2. The van der Waals surface area contributed by atoms with Gasteiger partial charge in [0, 0.05) is 22.9 Å². The monoisotopic (exact) mass is 259 g/mol. The Kier molecular flexibility index (Phi) is 3.59. The first kappa shape index (κ1) is 11.1. The van der Waals surface area contributed by atoms with E-state index in [2.05, 4.69) is 15.9 Å². The molecule has 0 aliphatic rings. The predicted octanol–water partition coefficient (Wildman–Crippen LogP) is 3.84. The van der Waals surface area contributed by atoms with Crippen LogP contribution in [0.3, 0.4) is 0 Å². The van der Waals surface area contributed by atoms with Gasteiger partial charge in [0.05, 0.1) is 6.07 Å². The van der Waals surface area contributed by atoms with Gasteiger partial charge in [-0.2, -0.15) is 5.26 Å². The molecule has 0 spiro atoms. The second kappa shape index (κ2) is 4.52. The molecule has 0 saturated carbocycles. The van der Waals surface area contributed by atoms with Crippen LogP contribution in [0, 0.1) is 11.3 Å². The van der Waals surface area contributed by atoms with Gasteiger partial charge >= 0.3 is 0 Å². The summed E-state index contributed by atoms with van der Waals surface area (Å²) < 4.78 is 27.3. The topological polar surface area (TPSA) is 23.8 Å². The van der Waals surface area contributed by atoms with Gasteiger partial charge in [-0.05, 0) is 12.1 Å². The third-order valence-electron chi connectivity index (χ3n) is 1.80. The van der Waals surface area contributed by atoms with Crippen molar-refractivity contribution in [1.82, 2.24) is 0 Å². The van der Waals surface area contributed by atoms with Crippen LogP contribution in [-0.2, 0) is 5.92 Å². The van der Waals surface area contributed by atoms with Crippen molar-refractivity contribution in [1.29, 1.82) is 5.26 Å². The van der Waals surface area contributed by atoms with Crippen molar-refractivity contribution in [2.75, 3.05) is 0 Å². The minimum atomic E-state index is -2.92. The van der Waals surface area contributed by atoms with Crippen LogP contribution in [0.15, 0.2) is 28.7 Å². The normalized spacial score (nSPS) is 11.0. The van der Waals surface area contributed by atoms with Crippen molar-refractivity contribution in [3.8, 4) is 6.07 Å². The van der Waals surface area contributed by atoms with Gasteiger partial charge < -0.3 is 0 Å². The highest BCUT2D eigenvalue weighted by Gasteiger charge is 2.30. The van der Waals surface area contributed by atoms with Crippen molar-refractivity contribution in [2.45, 2.75) is 18.8 Å². The quantitative estimate of drug-likeness (QED) is 0.809. The van der Waals surface area contributed by atoms with Crippen LogP contribution in [0.1, 0.15) is 18.4 Å². The maximum Gasteiger partial charge on any atom is 0.274 e. The lowest BCUT2D eigenvalue weighted by Crippen LogP contribution is -2.12. The third kappa shape index (κ3) is 2.78. The Morgan fingerprint density at radius 1 is 1.43 bits per heavy atom. The number of hydrogen-bond acceptors (Lipinski definition) is 1. The summed E-state index contributed by atoms with van der Waals surface area (Å²) >= 11 is 3.12. The molecule has 0 atom stereocenters. The van der Waals surface area contributed by atoms with Gasteiger partial charge in [-0.25, -0.2) is 8.78 Å². The minimum absolute atomic E-state index is 0.0536. The SMILES string of the molecule is N#CCCC(F)(F)c1cccc(Br)c1. The molecule has 0 unspecified atom stereocenters. The van der Waals surface area contributed by atoms with Gasteiger partial charge in [0.2, 0.25) is 0 Å². The summed E-state index contributed by atoms with van der Waals surface area (Å²) in [6, 6.07) is 7.69. The molecule has 0 aromatic heterocycles. The summed E-state index contributed by atoms with van der Waals surface area (Å²) in [5, 5.41) is 8.24. The van der Waals surface area contributed by atoms with Crippen molar-refractivity contribution in [3.05, 3.63) is 34.3 Å². The first-order chi connectivity index (χ1) is 6.56. The van der Waals surface area contributed by atoms with E-state index in [1.165, 1.54) is 12.1 Å². The first-order valence-corrected chi connectivity index (χ1v) is 4.86. The zero-order valence-corrected chi connectivity index (χ0v) is 8.89. The first-order valence-electron chi connectivity index (χ1n) is 4.07. The highest BCUT2D eigenvalue weighted by Crippen LogP contribution is 2.33. The van der Waals surface area contributed by atoms with E-state index in [4.69, 9.17) is 5.26 Å². The van der Waals surface area contributed by atoms with Gasteiger partial charge in [-0.3, -0.25) is 0 Å². The van der Waals surface area contributed by atoms with Crippen molar-refractivity contribution >= 4 is 15.9 Å². The Morgan fingerprint density at radius 2 is 2.14 bits per heavy atom. The van der Waals surface area contributed by atoms with E-state index in [9.17, 15) is 8.78 Å². The molecule has 0 saturated heterocycles. The fourth-order valence-corrected chi connectivity index (χ4v) is 1.47. The highest BCUT2D eigenvalue weighted by atomic mass is 79.9. The summed E-state index contributed by atoms with van der Waals surface area (Å²) in [4.78, 5) is 0. The van der Waals surface area contributed by atoms with E-state index < -0.39 is 12.3 Å². The fourth-order valence-electron chi connectivity index (χ4n) is 1.07. The summed E-state index contributed by atoms with van der Waals surface area (Å²) in [5.74, 6) is -2.92. The number of benzene rings is 1. The maximum absolute atomic E-state index is 13.4. The molecule has 0 N–H and O–H groups in total. The van der Waals surface area contributed by atoms with E-state index in [-0.39, 0.29) is 12.0 Å². The Bertz CT molecular complexity index is 357. The van der Waals surface area contributed by atoms with Crippen molar-refractivity contribution in [2.24, 2.45) is 0 Å². The largest absolute Gasteiger partial charge is 0.274 e. The van der Waals surface area contributed by atoms with Crippen LogP contribution >= 0.6 is 15.9 Å². The molecule has 0 amide bonds. The van der Waals surface area contributed by atoms with E-state index >= 15 is 0 Å². The molecular formula is C10H8BrF2N. The minimum Gasteiger partial charge on any atom is -0.201 e. The van der Waals surface area contributed by atoms with Gasteiger partial charge in [0.25, 0.3) is 5.92 Å². The fraction of sp³-hybridized carbons (Fsp3) is 0.300. The second-order valence-corrected chi connectivity index (χ2v) is 3.79. The predicted molar refractivity (Wildman–Crippen MR) is 52.9 cm³/mol. The number of nitriles is 1. The zero-order chi connectivity index (χ0) is 10.6. The lowest BCUT2D eigenvalue weighted by Gasteiger charge is -2.15. The number of nitrogens with zero attached hydrogens (tertiary/aromatic N) is 1. The Morgan fingerprint density at radius 3 is 2.71 bits per heavy atom. The smallest absolute Gasteiger partial charge is 0.201 e. The molecule has 4 heteroatoms. The van der Waals surface area contributed by atoms with Gasteiger partial charge in [0.1, 0.15) is 0 Å². The molecule has 1 rings (SSSR count). The second-order valence-electron chi connectivity index (χ2n) is 2.87. The number of hydrogen-bond donors (Lipinski definition) is 0. The molecule has 0 aliphatic heterocycles. The zero-order valence-electron chi connectivity index (χ0n) is 7.30. The van der Waals surface area contributed by atoms with Crippen LogP contribution in [0.4, 0.5) is 8.78 Å². The molecule has 0 fully saturated rings. The average Bonchev–Trinajstić information content (AvgIpc) is 2.15. The highest BCUT2D eigenvalue weighted by molar-refractivity contribution is 9.10. The van der Waals surface area contributed by atoms with Gasteiger partial charge in [-0.15, -0.1) is 0 Å². The van der Waals surface area contributed by atoms with Crippen molar-refractivity contribution in [3.63, 3.8) is 0 Å². The molecule has 14 heavy (non-hydrogen) atoms. The van der Waals surface area contributed by atoms with Crippen molar-refractivity contribution < 1.29 is 8.78 Å². The summed E-state index contributed by atoms with van der Waals surface area (Å²) in [7, 11) is 0. The summed E-state index contributed by atoms with van der Waals surface area (Å²) in [6.07, 6.45) is -0.570. The standard InChI is InChI=1S/C10H8BrF2N/c11-9-4-1-3-8(7-9)10(12,13)5-2-6-14/h1,3-4,7H,2,5H2. The third-order valence-corrected chi connectivity index (χ3v) is 2.29. The molecule has 1 aromatic rings.